The molecule has 0 spiro atoms. The number of hydrogen-bond acceptors (Lipinski definition) is 5. The molecule has 0 aliphatic heterocycles. The second kappa shape index (κ2) is 6.23. The van der Waals surface area contributed by atoms with Crippen molar-refractivity contribution in [2.75, 3.05) is 12.4 Å². The third-order valence-electron chi connectivity index (χ3n) is 3.40. The Morgan fingerprint density at radius 2 is 1.92 bits per heavy atom. The summed E-state index contributed by atoms with van der Waals surface area (Å²) in [5.74, 6) is -0.00192. The molecule has 0 fully saturated rings. The standard InChI is InChI=1S/C16H14N2O4S2/c1-22-13-7-6-11(24(17,20)21)9-12(13)18-16(19)15-8-10-4-2-3-5-14(10)23-15/h2-9H,1H3,(H,18,19)(H2,17,20,21). The average Bonchev–Trinajstić information content (AvgIpc) is 2.98. The first-order valence-corrected chi connectivity index (χ1v) is 9.25. The van der Waals surface area contributed by atoms with Crippen LogP contribution in [0.2, 0.25) is 0 Å². The number of carbonyl (C=O) groups is 1. The molecule has 0 aliphatic rings. The Bertz CT molecular complexity index is 992. The van der Waals surface area contributed by atoms with Crippen molar-refractivity contribution >= 4 is 43.0 Å². The van der Waals surface area contributed by atoms with E-state index in [2.05, 4.69) is 5.32 Å². The number of amides is 1. The first-order chi connectivity index (χ1) is 11.4. The van der Waals surface area contributed by atoms with Crippen molar-refractivity contribution in [2.45, 2.75) is 4.90 Å². The second-order valence-electron chi connectivity index (χ2n) is 5.01. The number of thiophene rings is 1. The molecule has 3 N–H and O–H groups in total. The van der Waals surface area contributed by atoms with E-state index < -0.39 is 10.0 Å². The third kappa shape index (κ3) is 3.25. The van der Waals surface area contributed by atoms with Crippen molar-refractivity contribution < 1.29 is 17.9 Å². The summed E-state index contributed by atoms with van der Waals surface area (Å²) in [7, 11) is -2.44. The van der Waals surface area contributed by atoms with Gasteiger partial charge in [-0.15, -0.1) is 11.3 Å². The molecule has 0 aliphatic carbocycles. The van der Waals surface area contributed by atoms with Crippen LogP contribution in [0.3, 0.4) is 0 Å². The van der Waals surface area contributed by atoms with Gasteiger partial charge in [-0.3, -0.25) is 4.79 Å². The molecule has 0 unspecified atom stereocenters. The van der Waals surface area contributed by atoms with Gasteiger partial charge in [0.15, 0.2) is 0 Å². The van der Waals surface area contributed by atoms with E-state index in [1.165, 1.54) is 36.6 Å². The summed E-state index contributed by atoms with van der Waals surface area (Å²) in [6, 6.07) is 13.5. The molecule has 0 bridgehead atoms. The summed E-state index contributed by atoms with van der Waals surface area (Å²) in [5.41, 5.74) is 0.242. The Kier molecular flexibility index (Phi) is 4.27. The molecule has 0 saturated heterocycles. The van der Waals surface area contributed by atoms with Crippen LogP contribution in [0.5, 0.6) is 5.75 Å². The van der Waals surface area contributed by atoms with Crippen molar-refractivity contribution in [2.24, 2.45) is 5.14 Å². The maximum absolute atomic E-state index is 12.5. The van der Waals surface area contributed by atoms with Crippen molar-refractivity contribution in [3.05, 3.63) is 53.4 Å². The number of carbonyl (C=O) groups excluding carboxylic acids is 1. The highest BCUT2D eigenvalue weighted by Gasteiger charge is 2.16. The molecule has 24 heavy (non-hydrogen) atoms. The lowest BCUT2D eigenvalue weighted by atomic mass is 10.2. The van der Waals surface area contributed by atoms with Gasteiger partial charge in [0.1, 0.15) is 5.75 Å². The van der Waals surface area contributed by atoms with Crippen LogP contribution in [0.1, 0.15) is 9.67 Å². The first-order valence-electron chi connectivity index (χ1n) is 6.89. The van der Waals surface area contributed by atoms with E-state index in [0.29, 0.717) is 10.6 Å². The van der Waals surface area contributed by atoms with Crippen LogP contribution >= 0.6 is 11.3 Å². The number of anilines is 1. The van der Waals surface area contributed by atoms with Gasteiger partial charge >= 0.3 is 0 Å². The van der Waals surface area contributed by atoms with Crippen LogP contribution in [0.4, 0.5) is 5.69 Å². The molecule has 1 heterocycles. The summed E-state index contributed by atoms with van der Waals surface area (Å²) >= 11 is 1.35. The highest BCUT2D eigenvalue weighted by atomic mass is 32.2. The third-order valence-corrected chi connectivity index (χ3v) is 5.42. The fraction of sp³-hybridized carbons (Fsp3) is 0.0625. The number of primary sulfonamides is 1. The zero-order valence-corrected chi connectivity index (χ0v) is 14.3. The normalized spacial score (nSPS) is 11.4. The van der Waals surface area contributed by atoms with Gasteiger partial charge in [0, 0.05) is 4.70 Å². The van der Waals surface area contributed by atoms with Gasteiger partial charge in [-0.2, -0.15) is 0 Å². The van der Waals surface area contributed by atoms with E-state index >= 15 is 0 Å². The summed E-state index contributed by atoms with van der Waals surface area (Å²) in [6.45, 7) is 0. The Morgan fingerprint density at radius 1 is 1.17 bits per heavy atom. The summed E-state index contributed by atoms with van der Waals surface area (Å²) < 4.78 is 29.1. The van der Waals surface area contributed by atoms with Gasteiger partial charge in [0.25, 0.3) is 5.91 Å². The Hall–Kier alpha value is -2.42. The molecule has 1 aromatic heterocycles. The van der Waals surface area contributed by atoms with E-state index in [1.54, 1.807) is 6.07 Å². The first kappa shape index (κ1) is 16.4. The lowest BCUT2D eigenvalue weighted by Crippen LogP contribution is -2.15. The zero-order chi connectivity index (χ0) is 17.3. The monoisotopic (exact) mass is 362 g/mol. The summed E-state index contributed by atoms with van der Waals surface area (Å²) in [4.78, 5) is 12.9. The molecule has 8 heteroatoms. The van der Waals surface area contributed by atoms with Crippen molar-refractivity contribution in [3.8, 4) is 5.75 Å². The number of rotatable bonds is 4. The fourth-order valence-corrected chi connectivity index (χ4v) is 3.74. The highest BCUT2D eigenvalue weighted by molar-refractivity contribution is 7.89. The molecule has 3 rings (SSSR count). The van der Waals surface area contributed by atoms with Crippen LogP contribution < -0.4 is 15.2 Å². The molecule has 1 amide bonds. The molecule has 124 valence electrons. The highest BCUT2D eigenvalue weighted by Crippen LogP contribution is 2.30. The zero-order valence-electron chi connectivity index (χ0n) is 12.6. The number of benzene rings is 2. The predicted octanol–water partition coefficient (Wildman–Crippen LogP) is 2.81. The summed E-state index contributed by atoms with van der Waals surface area (Å²) in [6.07, 6.45) is 0. The molecule has 0 saturated carbocycles. The number of nitrogens with one attached hydrogen (secondary N) is 1. The average molecular weight is 362 g/mol. The number of hydrogen-bond donors (Lipinski definition) is 2. The quantitative estimate of drug-likeness (QED) is 0.745. The molecule has 0 atom stereocenters. The van der Waals surface area contributed by atoms with Crippen molar-refractivity contribution in [1.82, 2.24) is 0 Å². The van der Waals surface area contributed by atoms with Gasteiger partial charge < -0.3 is 10.1 Å². The van der Waals surface area contributed by atoms with Gasteiger partial charge in [0.05, 0.1) is 22.6 Å². The smallest absolute Gasteiger partial charge is 0.265 e. The van der Waals surface area contributed by atoms with E-state index in [4.69, 9.17) is 9.88 Å². The van der Waals surface area contributed by atoms with Gasteiger partial charge in [-0.05, 0) is 35.7 Å². The van der Waals surface area contributed by atoms with Crippen molar-refractivity contribution in [3.63, 3.8) is 0 Å². The van der Waals surface area contributed by atoms with E-state index in [0.717, 1.165) is 10.1 Å². The Morgan fingerprint density at radius 3 is 2.58 bits per heavy atom. The van der Waals surface area contributed by atoms with E-state index in [1.807, 2.05) is 24.3 Å². The molecule has 3 aromatic rings. The van der Waals surface area contributed by atoms with Crippen LogP contribution in [-0.2, 0) is 10.0 Å². The molecule has 0 radical (unpaired) electrons. The van der Waals surface area contributed by atoms with Crippen LogP contribution in [-0.4, -0.2) is 21.4 Å². The van der Waals surface area contributed by atoms with E-state index in [9.17, 15) is 13.2 Å². The lowest BCUT2D eigenvalue weighted by molar-refractivity contribution is 0.103. The number of methoxy groups -OCH3 is 1. The number of sulfonamides is 1. The maximum atomic E-state index is 12.5. The number of ether oxygens (including phenoxy) is 1. The van der Waals surface area contributed by atoms with Crippen LogP contribution in [0, 0.1) is 0 Å². The van der Waals surface area contributed by atoms with Crippen LogP contribution in [0.15, 0.2) is 53.4 Å². The Labute approximate surface area is 142 Å². The molecule has 2 aromatic carbocycles. The number of nitrogens with two attached hydrogens (primary N) is 1. The minimum atomic E-state index is -3.88. The molecular weight excluding hydrogens is 348 g/mol. The topological polar surface area (TPSA) is 98.5 Å². The fourth-order valence-electron chi connectivity index (χ4n) is 2.24. The lowest BCUT2D eigenvalue weighted by Gasteiger charge is -2.10. The SMILES string of the molecule is COc1ccc(S(N)(=O)=O)cc1NC(=O)c1cc2ccccc2s1. The van der Waals surface area contributed by atoms with E-state index in [-0.39, 0.29) is 16.5 Å². The molecular formula is C16H14N2O4S2. The van der Waals surface area contributed by atoms with Gasteiger partial charge in [-0.1, -0.05) is 18.2 Å². The summed E-state index contributed by atoms with van der Waals surface area (Å²) in [5, 5.41) is 8.78. The second-order valence-corrected chi connectivity index (χ2v) is 7.65. The number of fused-ring (bicyclic) bond motifs is 1. The predicted molar refractivity (Wildman–Crippen MR) is 94.1 cm³/mol. The maximum Gasteiger partial charge on any atom is 0.265 e. The van der Waals surface area contributed by atoms with Gasteiger partial charge in [0.2, 0.25) is 10.0 Å². The molecule has 6 nitrogen and oxygen atoms in total. The van der Waals surface area contributed by atoms with Crippen molar-refractivity contribution in [1.29, 1.82) is 0 Å². The Balaban J connectivity index is 1.95. The van der Waals surface area contributed by atoms with Crippen LogP contribution in [0.25, 0.3) is 10.1 Å². The van der Waals surface area contributed by atoms with Gasteiger partial charge in [-0.25, -0.2) is 13.6 Å². The minimum Gasteiger partial charge on any atom is -0.495 e. The minimum absolute atomic E-state index is 0.102. The largest absolute Gasteiger partial charge is 0.495 e.